The third kappa shape index (κ3) is 3.40. The van der Waals surface area contributed by atoms with Crippen LogP contribution in [-0.2, 0) is 0 Å². The third-order valence-electron chi connectivity index (χ3n) is 3.23. The molecular weight excluding hydrogens is 316 g/mol. The molecule has 0 saturated carbocycles. The number of aromatic nitrogens is 4. The van der Waals surface area contributed by atoms with Crippen LogP contribution in [0.25, 0.3) is 5.65 Å². The normalized spacial score (nSPS) is 10.7. The highest BCUT2D eigenvalue weighted by Gasteiger charge is 2.09. The summed E-state index contributed by atoms with van der Waals surface area (Å²) in [4.78, 5) is 12.0. The lowest BCUT2D eigenvalue weighted by Gasteiger charge is -2.09. The number of nitrogens with zero attached hydrogens (tertiary/aromatic N) is 4. The van der Waals surface area contributed by atoms with Crippen LogP contribution in [0.1, 0.15) is 16.1 Å². The highest BCUT2D eigenvalue weighted by molar-refractivity contribution is 6.33. The van der Waals surface area contributed by atoms with Gasteiger partial charge in [-0.3, -0.25) is 4.79 Å². The molecule has 0 aliphatic carbocycles. The minimum atomic E-state index is -0.198. The van der Waals surface area contributed by atoms with Gasteiger partial charge in [0.1, 0.15) is 6.33 Å². The number of fused-ring (bicyclic) bond motifs is 1. The average Bonchev–Trinajstić information content (AvgIpc) is 2.99. The van der Waals surface area contributed by atoms with Crippen molar-refractivity contribution in [3.63, 3.8) is 0 Å². The molecule has 0 saturated heterocycles. The van der Waals surface area contributed by atoms with E-state index in [0.29, 0.717) is 29.3 Å². The summed E-state index contributed by atoms with van der Waals surface area (Å²) in [6, 6.07) is 8.84. The Morgan fingerprint density at radius 1 is 1.30 bits per heavy atom. The predicted octanol–water partition coefficient (Wildman–Crippen LogP) is 1.93. The van der Waals surface area contributed by atoms with Gasteiger partial charge in [-0.05, 0) is 25.1 Å². The first-order valence-corrected chi connectivity index (χ1v) is 7.47. The van der Waals surface area contributed by atoms with Crippen LogP contribution in [0.2, 0.25) is 5.02 Å². The van der Waals surface area contributed by atoms with E-state index in [-0.39, 0.29) is 5.91 Å². The van der Waals surface area contributed by atoms with Crippen molar-refractivity contribution in [3.8, 4) is 0 Å². The van der Waals surface area contributed by atoms with Crippen molar-refractivity contribution in [1.29, 1.82) is 0 Å². The van der Waals surface area contributed by atoms with Crippen LogP contribution >= 0.6 is 11.6 Å². The topological polar surface area (TPSA) is 84.2 Å². The van der Waals surface area contributed by atoms with Gasteiger partial charge in [0.25, 0.3) is 5.91 Å². The third-order valence-corrected chi connectivity index (χ3v) is 3.56. The maximum Gasteiger partial charge on any atom is 0.252 e. The average molecular weight is 331 g/mol. The molecule has 118 valence electrons. The Morgan fingerprint density at radius 2 is 2.13 bits per heavy atom. The summed E-state index contributed by atoms with van der Waals surface area (Å²) < 4.78 is 1.61. The summed E-state index contributed by atoms with van der Waals surface area (Å²) >= 11 is 6.00. The number of benzene rings is 1. The summed E-state index contributed by atoms with van der Waals surface area (Å²) in [5.74, 6) is -0.198. The summed E-state index contributed by atoms with van der Waals surface area (Å²) in [7, 11) is 0. The van der Waals surface area contributed by atoms with E-state index in [2.05, 4.69) is 25.9 Å². The quantitative estimate of drug-likeness (QED) is 0.698. The molecule has 2 aromatic heterocycles. The van der Waals surface area contributed by atoms with Crippen LogP contribution < -0.4 is 10.6 Å². The molecule has 0 fully saturated rings. The van der Waals surface area contributed by atoms with E-state index < -0.39 is 0 Å². The molecule has 2 heterocycles. The zero-order valence-corrected chi connectivity index (χ0v) is 13.2. The van der Waals surface area contributed by atoms with Gasteiger partial charge in [-0.15, -0.1) is 10.2 Å². The maximum atomic E-state index is 12.0. The van der Waals surface area contributed by atoms with Crippen molar-refractivity contribution in [1.82, 2.24) is 25.1 Å². The van der Waals surface area contributed by atoms with Crippen molar-refractivity contribution < 1.29 is 4.79 Å². The Labute approximate surface area is 137 Å². The zero-order chi connectivity index (χ0) is 16.2. The first-order valence-electron chi connectivity index (χ1n) is 7.09. The molecule has 1 aromatic carbocycles. The fourth-order valence-corrected chi connectivity index (χ4v) is 2.42. The first-order chi connectivity index (χ1) is 11.1. The number of aryl methyl sites for hydroxylation is 1. The standard InChI is InChI=1S/C15H15ClN6O/c1-10-8-13(14-20-19-9-22(14)21-10)17-6-7-18-15(23)11-4-2-3-5-12(11)16/h2-5,8-9,17H,6-7H2,1H3,(H,18,23). The minimum Gasteiger partial charge on any atom is -0.380 e. The molecule has 0 atom stereocenters. The van der Waals surface area contributed by atoms with Crippen LogP contribution in [0, 0.1) is 6.92 Å². The second-order valence-corrected chi connectivity index (χ2v) is 5.37. The molecular formula is C15H15ClN6O. The van der Waals surface area contributed by atoms with Gasteiger partial charge in [-0.1, -0.05) is 23.7 Å². The van der Waals surface area contributed by atoms with Gasteiger partial charge in [0, 0.05) is 13.1 Å². The smallest absolute Gasteiger partial charge is 0.252 e. The summed E-state index contributed by atoms with van der Waals surface area (Å²) in [6.45, 7) is 2.89. The minimum absolute atomic E-state index is 0.198. The molecule has 0 radical (unpaired) electrons. The molecule has 3 rings (SSSR count). The number of hydrogen-bond acceptors (Lipinski definition) is 5. The highest BCUT2D eigenvalue weighted by Crippen LogP contribution is 2.15. The summed E-state index contributed by atoms with van der Waals surface area (Å²) in [5, 5.41) is 18.6. The van der Waals surface area contributed by atoms with Gasteiger partial charge >= 0.3 is 0 Å². The molecule has 0 spiro atoms. The van der Waals surface area contributed by atoms with Crippen molar-refractivity contribution in [2.45, 2.75) is 6.92 Å². The van der Waals surface area contributed by atoms with E-state index in [4.69, 9.17) is 11.6 Å². The van der Waals surface area contributed by atoms with Crippen molar-refractivity contribution in [2.24, 2.45) is 0 Å². The van der Waals surface area contributed by atoms with Gasteiger partial charge in [0.15, 0.2) is 0 Å². The Kier molecular flexibility index (Phi) is 4.38. The molecule has 8 heteroatoms. The largest absolute Gasteiger partial charge is 0.380 e. The zero-order valence-electron chi connectivity index (χ0n) is 12.5. The Morgan fingerprint density at radius 3 is 2.96 bits per heavy atom. The number of carbonyl (C=O) groups excluding carboxylic acids is 1. The number of carbonyl (C=O) groups is 1. The second-order valence-electron chi connectivity index (χ2n) is 4.96. The maximum absolute atomic E-state index is 12.0. The van der Waals surface area contributed by atoms with Crippen LogP contribution in [-0.4, -0.2) is 38.8 Å². The predicted molar refractivity (Wildman–Crippen MR) is 87.8 cm³/mol. The van der Waals surface area contributed by atoms with Gasteiger partial charge in [0.2, 0.25) is 5.65 Å². The van der Waals surface area contributed by atoms with E-state index >= 15 is 0 Å². The van der Waals surface area contributed by atoms with Crippen LogP contribution in [0.3, 0.4) is 0 Å². The number of halogens is 1. The molecule has 1 amide bonds. The van der Waals surface area contributed by atoms with Crippen LogP contribution in [0.4, 0.5) is 5.69 Å². The van der Waals surface area contributed by atoms with Crippen molar-refractivity contribution in [2.75, 3.05) is 18.4 Å². The number of rotatable bonds is 5. The Hall–Kier alpha value is -2.67. The molecule has 2 N–H and O–H groups in total. The Balaban J connectivity index is 1.58. The van der Waals surface area contributed by atoms with E-state index in [9.17, 15) is 4.79 Å². The van der Waals surface area contributed by atoms with Crippen LogP contribution in [0.15, 0.2) is 36.7 Å². The fraction of sp³-hybridized carbons (Fsp3) is 0.200. The number of amides is 1. The molecule has 0 aliphatic heterocycles. The second kappa shape index (κ2) is 6.62. The molecule has 3 aromatic rings. The fourth-order valence-electron chi connectivity index (χ4n) is 2.20. The van der Waals surface area contributed by atoms with E-state index in [1.165, 1.54) is 0 Å². The van der Waals surface area contributed by atoms with Gasteiger partial charge in [-0.2, -0.15) is 9.61 Å². The van der Waals surface area contributed by atoms with E-state index in [0.717, 1.165) is 11.4 Å². The molecule has 0 aliphatic rings. The Bertz CT molecular complexity index is 847. The number of nitrogens with one attached hydrogen (secondary N) is 2. The highest BCUT2D eigenvalue weighted by atomic mass is 35.5. The lowest BCUT2D eigenvalue weighted by atomic mass is 10.2. The van der Waals surface area contributed by atoms with Gasteiger partial charge in [-0.25, -0.2) is 0 Å². The number of anilines is 1. The SMILES string of the molecule is Cc1cc(NCCNC(=O)c2ccccc2Cl)c2nncn2n1. The first kappa shape index (κ1) is 15.2. The molecule has 7 nitrogen and oxygen atoms in total. The van der Waals surface area contributed by atoms with E-state index in [1.807, 2.05) is 13.0 Å². The van der Waals surface area contributed by atoms with Crippen molar-refractivity contribution in [3.05, 3.63) is 52.9 Å². The van der Waals surface area contributed by atoms with Gasteiger partial charge < -0.3 is 10.6 Å². The molecule has 0 bridgehead atoms. The summed E-state index contributed by atoms with van der Waals surface area (Å²) in [6.07, 6.45) is 1.55. The summed E-state index contributed by atoms with van der Waals surface area (Å²) in [5.41, 5.74) is 2.78. The monoisotopic (exact) mass is 330 g/mol. The van der Waals surface area contributed by atoms with Crippen LogP contribution in [0.5, 0.6) is 0 Å². The van der Waals surface area contributed by atoms with Crippen molar-refractivity contribution >= 4 is 28.8 Å². The molecule has 0 unspecified atom stereocenters. The van der Waals surface area contributed by atoms with E-state index in [1.54, 1.807) is 35.1 Å². The number of hydrogen-bond donors (Lipinski definition) is 2. The molecule has 23 heavy (non-hydrogen) atoms. The lowest BCUT2D eigenvalue weighted by Crippen LogP contribution is -2.29. The van der Waals surface area contributed by atoms with Gasteiger partial charge in [0.05, 0.1) is 22.0 Å². The lowest BCUT2D eigenvalue weighted by molar-refractivity contribution is 0.0955.